The number of nitrogens with one attached hydrogen (secondary N) is 1. The minimum atomic E-state index is -0.277. The third kappa shape index (κ3) is 2.02. The molecule has 0 aliphatic carbocycles. The van der Waals surface area contributed by atoms with Crippen molar-refractivity contribution in [1.82, 2.24) is 5.32 Å². The van der Waals surface area contributed by atoms with Gasteiger partial charge in [-0.1, -0.05) is 5.92 Å². The van der Waals surface area contributed by atoms with E-state index >= 15 is 0 Å². The molecule has 1 aliphatic rings. The van der Waals surface area contributed by atoms with Gasteiger partial charge < -0.3 is 9.47 Å². The Kier molecular flexibility index (Phi) is 2.52. The third-order valence-corrected chi connectivity index (χ3v) is 1.00. The number of ether oxygens (including phenoxy) is 2. The molecule has 0 spiro atoms. The zero-order valence-corrected chi connectivity index (χ0v) is 5.09. The van der Waals surface area contributed by atoms with E-state index in [1.54, 1.807) is 0 Å². The Morgan fingerprint density at radius 3 is 3.33 bits per heavy atom. The summed E-state index contributed by atoms with van der Waals surface area (Å²) in [5.74, 6) is 2.35. The summed E-state index contributed by atoms with van der Waals surface area (Å²) in [6.07, 6.45) is 4.67. The Balaban J connectivity index is 2.06. The van der Waals surface area contributed by atoms with Crippen LogP contribution in [0.2, 0.25) is 0 Å². The lowest BCUT2D eigenvalue weighted by atomic mass is 10.7. The molecule has 50 valence electrons. The molecule has 0 amide bonds. The zero-order valence-electron chi connectivity index (χ0n) is 5.09. The maximum absolute atomic E-state index is 5.03. The van der Waals surface area contributed by atoms with Crippen LogP contribution in [0, 0.1) is 12.3 Å². The van der Waals surface area contributed by atoms with Crippen LogP contribution in [0.25, 0.3) is 0 Å². The van der Waals surface area contributed by atoms with Crippen LogP contribution in [0.4, 0.5) is 0 Å². The van der Waals surface area contributed by atoms with E-state index in [-0.39, 0.29) is 6.41 Å². The van der Waals surface area contributed by atoms with Gasteiger partial charge in [0.05, 0.1) is 6.61 Å². The lowest BCUT2D eigenvalue weighted by Crippen LogP contribution is -2.25. The minimum Gasteiger partial charge on any atom is -0.338 e. The van der Waals surface area contributed by atoms with Crippen LogP contribution in [-0.2, 0) is 9.47 Å². The first-order valence-corrected chi connectivity index (χ1v) is 2.83. The maximum Gasteiger partial charge on any atom is 0.217 e. The standard InChI is InChI=1S/C6H9NO2/c1-2-4-8-6-7-3-5-9-6/h1,6-7H,3-5H2. The Hall–Kier alpha value is -0.560. The molecule has 0 radical (unpaired) electrons. The molecule has 0 aromatic carbocycles. The monoisotopic (exact) mass is 127 g/mol. The highest BCUT2D eigenvalue weighted by Gasteiger charge is 2.12. The molecule has 1 saturated heterocycles. The SMILES string of the molecule is C#CCOC1NCCO1. The largest absolute Gasteiger partial charge is 0.338 e. The molecule has 0 bridgehead atoms. The Bertz CT molecular complexity index is 113. The molecule has 1 fully saturated rings. The fourth-order valence-corrected chi connectivity index (χ4v) is 0.633. The molecule has 0 saturated carbocycles. The summed E-state index contributed by atoms with van der Waals surface area (Å²) >= 11 is 0. The highest BCUT2D eigenvalue weighted by Crippen LogP contribution is 1.95. The Morgan fingerprint density at radius 2 is 2.78 bits per heavy atom. The lowest BCUT2D eigenvalue weighted by Gasteiger charge is -2.06. The number of hydrogen-bond acceptors (Lipinski definition) is 3. The molecule has 1 heterocycles. The number of hydrogen-bond donors (Lipinski definition) is 1. The van der Waals surface area contributed by atoms with E-state index < -0.39 is 0 Å². The van der Waals surface area contributed by atoms with E-state index in [0.29, 0.717) is 13.2 Å². The summed E-state index contributed by atoms with van der Waals surface area (Å²) in [4.78, 5) is 0. The van der Waals surface area contributed by atoms with E-state index in [1.165, 1.54) is 0 Å². The van der Waals surface area contributed by atoms with Crippen molar-refractivity contribution in [3.05, 3.63) is 0 Å². The van der Waals surface area contributed by atoms with Crippen molar-refractivity contribution in [2.75, 3.05) is 19.8 Å². The van der Waals surface area contributed by atoms with Crippen molar-refractivity contribution >= 4 is 0 Å². The summed E-state index contributed by atoms with van der Waals surface area (Å²) in [6, 6.07) is 0. The van der Waals surface area contributed by atoms with Gasteiger partial charge in [-0.2, -0.15) is 0 Å². The molecule has 9 heavy (non-hydrogen) atoms. The highest BCUT2D eigenvalue weighted by molar-refractivity contribution is 4.83. The van der Waals surface area contributed by atoms with Gasteiger partial charge in [-0.05, 0) is 0 Å². The van der Waals surface area contributed by atoms with Gasteiger partial charge in [0, 0.05) is 6.54 Å². The molecule has 0 aromatic rings. The van der Waals surface area contributed by atoms with Crippen molar-refractivity contribution < 1.29 is 9.47 Å². The van der Waals surface area contributed by atoms with Gasteiger partial charge in [0.1, 0.15) is 6.61 Å². The molecular weight excluding hydrogens is 118 g/mol. The van der Waals surface area contributed by atoms with Crippen LogP contribution in [0.3, 0.4) is 0 Å². The molecule has 3 heteroatoms. The Morgan fingerprint density at radius 1 is 1.89 bits per heavy atom. The molecular formula is C6H9NO2. The second kappa shape index (κ2) is 3.46. The summed E-state index contributed by atoms with van der Waals surface area (Å²) in [7, 11) is 0. The number of rotatable bonds is 2. The summed E-state index contributed by atoms with van der Waals surface area (Å²) in [5.41, 5.74) is 0. The average molecular weight is 127 g/mol. The smallest absolute Gasteiger partial charge is 0.217 e. The fourth-order valence-electron chi connectivity index (χ4n) is 0.633. The highest BCUT2D eigenvalue weighted by atomic mass is 16.7. The van der Waals surface area contributed by atoms with Crippen molar-refractivity contribution in [1.29, 1.82) is 0 Å². The summed E-state index contributed by atoms with van der Waals surface area (Å²) in [6.45, 7) is 1.85. The molecule has 3 nitrogen and oxygen atoms in total. The first-order chi connectivity index (χ1) is 4.43. The summed E-state index contributed by atoms with van der Waals surface area (Å²) in [5, 5.41) is 2.95. The van der Waals surface area contributed by atoms with Gasteiger partial charge in [-0.15, -0.1) is 6.42 Å². The van der Waals surface area contributed by atoms with Gasteiger partial charge >= 0.3 is 0 Å². The topological polar surface area (TPSA) is 30.5 Å². The zero-order chi connectivity index (χ0) is 6.53. The van der Waals surface area contributed by atoms with Gasteiger partial charge in [-0.3, -0.25) is 5.32 Å². The van der Waals surface area contributed by atoms with E-state index in [1.807, 2.05) is 0 Å². The van der Waals surface area contributed by atoms with E-state index in [0.717, 1.165) is 6.54 Å². The van der Waals surface area contributed by atoms with Crippen LogP contribution in [0.1, 0.15) is 0 Å². The van der Waals surface area contributed by atoms with Crippen molar-refractivity contribution in [3.63, 3.8) is 0 Å². The van der Waals surface area contributed by atoms with Crippen molar-refractivity contribution in [2.24, 2.45) is 0 Å². The van der Waals surface area contributed by atoms with Gasteiger partial charge in [0.15, 0.2) is 0 Å². The van der Waals surface area contributed by atoms with E-state index in [9.17, 15) is 0 Å². The van der Waals surface area contributed by atoms with Crippen LogP contribution in [0.15, 0.2) is 0 Å². The first kappa shape index (κ1) is 6.56. The van der Waals surface area contributed by atoms with Crippen molar-refractivity contribution in [2.45, 2.75) is 6.41 Å². The molecule has 1 N–H and O–H groups in total. The van der Waals surface area contributed by atoms with Gasteiger partial charge in [0.25, 0.3) is 0 Å². The van der Waals surface area contributed by atoms with Gasteiger partial charge in [-0.25, -0.2) is 0 Å². The van der Waals surface area contributed by atoms with Gasteiger partial charge in [0.2, 0.25) is 6.41 Å². The van der Waals surface area contributed by atoms with E-state index in [4.69, 9.17) is 15.9 Å². The quantitative estimate of drug-likeness (QED) is 0.509. The fraction of sp³-hybridized carbons (Fsp3) is 0.667. The lowest BCUT2D eigenvalue weighted by molar-refractivity contribution is -0.112. The van der Waals surface area contributed by atoms with Crippen LogP contribution < -0.4 is 5.32 Å². The number of terminal acetylenes is 1. The van der Waals surface area contributed by atoms with Crippen molar-refractivity contribution in [3.8, 4) is 12.3 Å². The Labute approximate surface area is 54.3 Å². The molecule has 1 atom stereocenters. The maximum atomic E-state index is 5.03. The van der Waals surface area contributed by atoms with Crippen LogP contribution in [-0.4, -0.2) is 26.2 Å². The minimum absolute atomic E-state index is 0.277. The molecule has 1 unspecified atom stereocenters. The molecule has 1 rings (SSSR count). The summed E-state index contributed by atoms with van der Waals surface area (Å²) < 4.78 is 10.0. The van der Waals surface area contributed by atoms with Crippen LogP contribution in [0.5, 0.6) is 0 Å². The average Bonchev–Trinajstić information content (AvgIpc) is 2.34. The normalized spacial score (nSPS) is 25.9. The predicted molar refractivity (Wildman–Crippen MR) is 32.5 cm³/mol. The van der Waals surface area contributed by atoms with E-state index in [2.05, 4.69) is 11.2 Å². The third-order valence-electron chi connectivity index (χ3n) is 1.00. The molecule has 1 aliphatic heterocycles. The second-order valence-corrected chi connectivity index (χ2v) is 1.67. The molecule has 0 aromatic heterocycles. The predicted octanol–water partition coefficient (Wildman–Crippen LogP) is -0.460. The van der Waals surface area contributed by atoms with Crippen LogP contribution >= 0.6 is 0 Å². The first-order valence-electron chi connectivity index (χ1n) is 2.83. The second-order valence-electron chi connectivity index (χ2n) is 1.67.